The van der Waals surface area contributed by atoms with E-state index in [0.29, 0.717) is 0 Å². The van der Waals surface area contributed by atoms with E-state index in [0.717, 1.165) is 5.57 Å². The first kappa shape index (κ1) is 11.0. The van der Waals surface area contributed by atoms with Crippen LogP contribution < -0.4 is 5.32 Å². The Morgan fingerprint density at radius 3 is 2.50 bits per heavy atom. The molecule has 0 atom stereocenters. The Kier molecular flexibility index (Phi) is 3.12. The third kappa shape index (κ3) is 2.24. The molecule has 1 N–H and O–H groups in total. The molecular weight excluding hydrogens is 170 g/mol. The lowest BCUT2D eigenvalue weighted by atomic mass is 9.92. The summed E-state index contributed by atoms with van der Waals surface area (Å²) in [5.41, 5.74) is 3.64. The van der Waals surface area contributed by atoms with Gasteiger partial charge in [0.1, 0.15) is 0 Å². The molecule has 0 saturated carbocycles. The van der Waals surface area contributed by atoms with E-state index in [1.165, 1.54) is 11.1 Å². The standard InChI is InChI=1S/C13H19N/c1-10(2)11-7-6-8-12(9-11)13(3,4)14-5/h6-9,14H,1H2,2-5H3. The van der Waals surface area contributed by atoms with Crippen molar-refractivity contribution >= 4 is 5.57 Å². The first-order valence-corrected chi connectivity index (χ1v) is 4.92. The number of hydrogen-bond donors (Lipinski definition) is 1. The van der Waals surface area contributed by atoms with Crippen LogP contribution in [0.1, 0.15) is 31.9 Å². The molecule has 0 radical (unpaired) electrons. The number of allylic oxidation sites excluding steroid dienone is 1. The summed E-state index contributed by atoms with van der Waals surface area (Å²) >= 11 is 0. The van der Waals surface area contributed by atoms with E-state index in [-0.39, 0.29) is 5.54 Å². The Morgan fingerprint density at radius 2 is 2.00 bits per heavy atom. The zero-order valence-corrected chi connectivity index (χ0v) is 9.52. The van der Waals surface area contributed by atoms with Gasteiger partial charge in [-0.25, -0.2) is 0 Å². The van der Waals surface area contributed by atoms with Crippen molar-refractivity contribution in [3.05, 3.63) is 42.0 Å². The van der Waals surface area contributed by atoms with Crippen LogP contribution in [0.5, 0.6) is 0 Å². The molecule has 0 aliphatic heterocycles. The Balaban J connectivity index is 3.12. The summed E-state index contributed by atoms with van der Waals surface area (Å²) in [5, 5.41) is 3.29. The van der Waals surface area contributed by atoms with Crippen LogP contribution >= 0.6 is 0 Å². The molecule has 0 unspecified atom stereocenters. The van der Waals surface area contributed by atoms with Crippen molar-refractivity contribution in [1.82, 2.24) is 5.32 Å². The third-order valence-electron chi connectivity index (χ3n) is 2.70. The van der Waals surface area contributed by atoms with Crippen LogP contribution in [0, 0.1) is 0 Å². The molecule has 0 bridgehead atoms. The van der Waals surface area contributed by atoms with Gasteiger partial charge < -0.3 is 5.32 Å². The molecule has 0 fully saturated rings. The fraction of sp³-hybridized carbons (Fsp3) is 0.385. The highest BCUT2D eigenvalue weighted by Crippen LogP contribution is 2.22. The van der Waals surface area contributed by atoms with Gasteiger partial charge in [-0.05, 0) is 45.0 Å². The molecule has 1 aromatic carbocycles. The van der Waals surface area contributed by atoms with E-state index >= 15 is 0 Å². The molecule has 1 aromatic rings. The molecular formula is C13H19N. The van der Waals surface area contributed by atoms with Crippen molar-refractivity contribution in [3.63, 3.8) is 0 Å². The average Bonchev–Trinajstić information content (AvgIpc) is 2.18. The van der Waals surface area contributed by atoms with Crippen LogP contribution in [0.3, 0.4) is 0 Å². The Labute approximate surface area is 86.8 Å². The van der Waals surface area contributed by atoms with Crippen LogP contribution in [0.2, 0.25) is 0 Å². The normalized spacial score (nSPS) is 11.4. The first-order valence-electron chi connectivity index (χ1n) is 4.92. The number of hydrogen-bond acceptors (Lipinski definition) is 1. The summed E-state index contributed by atoms with van der Waals surface area (Å²) in [6.07, 6.45) is 0. The van der Waals surface area contributed by atoms with E-state index < -0.39 is 0 Å². The predicted molar refractivity (Wildman–Crippen MR) is 63.2 cm³/mol. The van der Waals surface area contributed by atoms with Gasteiger partial charge in [0.05, 0.1) is 0 Å². The predicted octanol–water partition coefficient (Wildman–Crippen LogP) is 3.17. The van der Waals surface area contributed by atoms with Crippen LogP contribution in [0.25, 0.3) is 5.57 Å². The molecule has 0 spiro atoms. The summed E-state index contributed by atoms with van der Waals surface area (Å²) in [5.74, 6) is 0. The highest BCUT2D eigenvalue weighted by atomic mass is 14.9. The van der Waals surface area contributed by atoms with Crippen molar-refractivity contribution in [2.24, 2.45) is 0 Å². The highest BCUT2D eigenvalue weighted by Gasteiger charge is 2.17. The lowest BCUT2D eigenvalue weighted by Gasteiger charge is -2.25. The van der Waals surface area contributed by atoms with Gasteiger partial charge in [-0.2, -0.15) is 0 Å². The second-order valence-electron chi connectivity index (χ2n) is 4.24. The van der Waals surface area contributed by atoms with Crippen molar-refractivity contribution in [2.45, 2.75) is 26.3 Å². The van der Waals surface area contributed by atoms with Crippen LogP contribution in [-0.2, 0) is 5.54 Å². The maximum absolute atomic E-state index is 3.95. The molecule has 1 rings (SSSR count). The van der Waals surface area contributed by atoms with Crippen molar-refractivity contribution in [1.29, 1.82) is 0 Å². The van der Waals surface area contributed by atoms with E-state index in [1.807, 2.05) is 14.0 Å². The second-order valence-corrected chi connectivity index (χ2v) is 4.24. The van der Waals surface area contributed by atoms with Crippen molar-refractivity contribution in [2.75, 3.05) is 7.05 Å². The molecule has 0 aliphatic rings. The van der Waals surface area contributed by atoms with Gasteiger partial charge >= 0.3 is 0 Å². The number of nitrogens with one attached hydrogen (secondary N) is 1. The van der Waals surface area contributed by atoms with Gasteiger partial charge in [0.25, 0.3) is 0 Å². The number of benzene rings is 1. The lowest BCUT2D eigenvalue weighted by Crippen LogP contribution is -2.33. The SMILES string of the molecule is C=C(C)c1cccc(C(C)(C)NC)c1. The summed E-state index contributed by atoms with van der Waals surface area (Å²) in [7, 11) is 1.98. The molecule has 0 aliphatic carbocycles. The van der Waals surface area contributed by atoms with Gasteiger partial charge in [-0.15, -0.1) is 0 Å². The largest absolute Gasteiger partial charge is 0.311 e. The van der Waals surface area contributed by atoms with Crippen molar-refractivity contribution < 1.29 is 0 Å². The molecule has 1 nitrogen and oxygen atoms in total. The quantitative estimate of drug-likeness (QED) is 0.770. The zero-order valence-electron chi connectivity index (χ0n) is 9.52. The van der Waals surface area contributed by atoms with Crippen LogP contribution in [0.4, 0.5) is 0 Å². The summed E-state index contributed by atoms with van der Waals surface area (Å²) < 4.78 is 0. The van der Waals surface area contributed by atoms with Gasteiger partial charge in [0, 0.05) is 5.54 Å². The topological polar surface area (TPSA) is 12.0 Å². The molecule has 1 heteroatoms. The Hall–Kier alpha value is -1.08. The molecule has 14 heavy (non-hydrogen) atoms. The molecule has 0 heterocycles. The minimum Gasteiger partial charge on any atom is -0.311 e. The Morgan fingerprint density at radius 1 is 1.36 bits per heavy atom. The lowest BCUT2D eigenvalue weighted by molar-refractivity contribution is 0.444. The highest BCUT2D eigenvalue weighted by molar-refractivity contribution is 5.62. The monoisotopic (exact) mass is 189 g/mol. The van der Waals surface area contributed by atoms with Gasteiger partial charge in [-0.1, -0.05) is 30.4 Å². The molecule has 0 aromatic heterocycles. The van der Waals surface area contributed by atoms with E-state index in [4.69, 9.17) is 0 Å². The molecule has 0 saturated heterocycles. The average molecular weight is 189 g/mol. The molecule has 76 valence electrons. The van der Waals surface area contributed by atoms with Crippen LogP contribution in [0.15, 0.2) is 30.8 Å². The fourth-order valence-electron chi connectivity index (χ4n) is 1.32. The van der Waals surface area contributed by atoms with E-state index in [2.05, 4.69) is 50.0 Å². The first-order chi connectivity index (χ1) is 6.47. The second kappa shape index (κ2) is 3.97. The van der Waals surface area contributed by atoms with Gasteiger partial charge in [0.15, 0.2) is 0 Å². The maximum atomic E-state index is 3.95. The van der Waals surface area contributed by atoms with E-state index in [9.17, 15) is 0 Å². The van der Waals surface area contributed by atoms with Gasteiger partial charge in [-0.3, -0.25) is 0 Å². The maximum Gasteiger partial charge on any atom is 0.0375 e. The summed E-state index contributed by atoms with van der Waals surface area (Å²) in [6, 6.07) is 8.51. The molecule has 0 amide bonds. The van der Waals surface area contributed by atoms with Crippen LogP contribution in [-0.4, -0.2) is 7.05 Å². The zero-order chi connectivity index (χ0) is 10.8. The summed E-state index contributed by atoms with van der Waals surface area (Å²) in [4.78, 5) is 0. The van der Waals surface area contributed by atoms with Gasteiger partial charge in [0.2, 0.25) is 0 Å². The Bertz CT molecular complexity index is 337. The minimum absolute atomic E-state index is 0.0193. The summed E-state index contributed by atoms with van der Waals surface area (Å²) in [6.45, 7) is 10.3. The van der Waals surface area contributed by atoms with Crippen molar-refractivity contribution in [3.8, 4) is 0 Å². The van der Waals surface area contributed by atoms with E-state index in [1.54, 1.807) is 0 Å². The minimum atomic E-state index is 0.0193. The smallest absolute Gasteiger partial charge is 0.0375 e. The fourth-order valence-corrected chi connectivity index (χ4v) is 1.32. The third-order valence-corrected chi connectivity index (χ3v) is 2.70. The number of rotatable bonds is 3.